The molecule has 1 atom stereocenters. The maximum absolute atomic E-state index is 13.5. The fourth-order valence-corrected chi connectivity index (χ4v) is 4.57. The molecule has 3 nitrogen and oxygen atoms in total. The van der Waals surface area contributed by atoms with Crippen LogP contribution in [0.5, 0.6) is 0 Å². The van der Waals surface area contributed by atoms with Crippen molar-refractivity contribution in [2.24, 2.45) is 5.92 Å². The van der Waals surface area contributed by atoms with E-state index in [0.29, 0.717) is 5.92 Å². The van der Waals surface area contributed by atoms with E-state index in [0.717, 1.165) is 51.7 Å². The number of carbonyl (C=O) groups excluding carboxylic acids is 1. The number of halogens is 1. The van der Waals surface area contributed by atoms with Crippen LogP contribution in [0.25, 0.3) is 22.2 Å². The van der Waals surface area contributed by atoms with Crippen LogP contribution in [0.15, 0.2) is 53.0 Å². The number of pyridine rings is 1. The monoisotopic (exact) mass is 464 g/mol. The van der Waals surface area contributed by atoms with E-state index in [-0.39, 0.29) is 11.3 Å². The zero-order valence-electron chi connectivity index (χ0n) is 18.2. The lowest BCUT2D eigenvalue weighted by Gasteiger charge is -2.31. The van der Waals surface area contributed by atoms with Gasteiger partial charge in [0, 0.05) is 28.5 Å². The number of benzene rings is 2. The Hall–Kier alpha value is -2.20. The maximum Gasteiger partial charge on any atom is 0.254 e. The van der Waals surface area contributed by atoms with Gasteiger partial charge in [-0.3, -0.25) is 4.79 Å². The zero-order chi connectivity index (χ0) is 21.5. The Kier molecular flexibility index (Phi) is 5.71. The second-order valence-electron chi connectivity index (χ2n) is 9.54. The molecule has 4 heteroatoms. The highest BCUT2D eigenvalue weighted by Crippen LogP contribution is 2.30. The van der Waals surface area contributed by atoms with E-state index >= 15 is 0 Å². The van der Waals surface area contributed by atoms with Gasteiger partial charge in [-0.25, -0.2) is 4.98 Å². The molecule has 1 aromatic heterocycles. The molecule has 0 saturated carbocycles. The summed E-state index contributed by atoms with van der Waals surface area (Å²) in [5, 5.41) is 0.905. The molecule has 4 rings (SSSR count). The minimum absolute atomic E-state index is 0.105. The zero-order valence-corrected chi connectivity index (χ0v) is 19.8. The molecule has 1 aliphatic heterocycles. The average Bonchev–Trinajstić information content (AvgIpc) is 2.72. The summed E-state index contributed by atoms with van der Waals surface area (Å²) in [5.74, 6) is 0.659. The molecule has 1 saturated heterocycles. The predicted molar refractivity (Wildman–Crippen MR) is 128 cm³/mol. The lowest BCUT2D eigenvalue weighted by Crippen LogP contribution is -2.39. The maximum atomic E-state index is 13.5. The second-order valence-corrected chi connectivity index (χ2v) is 10.5. The van der Waals surface area contributed by atoms with Crippen LogP contribution in [-0.2, 0) is 5.41 Å². The standard InChI is InChI=1S/C26H29BrN2O/c1-17-6-5-13-29(16-17)25(30)22-15-24(28-23-12-11-20(27)14-21(22)23)18-7-9-19(10-8-18)26(2,3)4/h7-12,14-15,17H,5-6,13,16H2,1-4H3/t17-/m1/s1. The van der Waals surface area contributed by atoms with Gasteiger partial charge in [-0.1, -0.05) is 67.9 Å². The van der Waals surface area contributed by atoms with E-state index in [1.807, 2.05) is 29.2 Å². The Bertz CT molecular complexity index is 1080. The van der Waals surface area contributed by atoms with Gasteiger partial charge in [-0.2, -0.15) is 0 Å². The van der Waals surface area contributed by atoms with Crippen molar-refractivity contribution in [3.63, 3.8) is 0 Å². The number of piperidine rings is 1. The van der Waals surface area contributed by atoms with Crippen molar-refractivity contribution in [3.05, 3.63) is 64.1 Å². The normalized spacial score (nSPS) is 17.4. The third-order valence-corrected chi connectivity index (χ3v) is 6.49. The third kappa shape index (κ3) is 4.29. The number of nitrogens with zero attached hydrogens (tertiary/aromatic N) is 2. The summed E-state index contributed by atoms with van der Waals surface area (Å²) in [6, 6.07) is 16.5. The molecule has 0 unspecified atom stereocenters. The van der Waals surface area contributed by atoms with Gasteiger partial charge in [-0.15, -0.1) is 0 Å². The van der Waals surface area contributed by atoms with E-state index in [4.69, 9.17) is 4.98 Å². The number of hydrogen-bond donors (Lipinski definition) is 0. The largest absolute Gasteiger partial charge is 0.338 e. The molecule has 156 valence electrons. The lowest BCUT2D eigenvalue weighted by molar-refractivity contribution is 0.0685. The first-order valence-corrected chi connectivity index (χ1v) is 11.5. The van der Waals surface area contributed by atoms with Gasteiger partial charge in [-0.05, 0) is 54.0 Å². The molecule has 1 amide bonds. The second kappa shape index (κ2) is 8.14. The van der Waals surface area contributed by atoms with Crippen molar-refractivity contribution in [1.29, 1.82) is 0 Å². The first-order chi connectivity index (χ1) is 14.2. The molecule has 0 spiro atoms. The first kappa shape index (κ1) is 21.0. The van der Waals surface area contributed by atoms with Crippen LogP contribution < -0.4 is 0 Å². The van der Waals surface area contributed by atoms with E-state index in [1.165, 1.54) is 12.0 Å². The van der Waals surface area contributed by atoms with Crippen LogP contribution in [0, 0.1) is 5.92 Å². The van der Waals surface area contributed by atoms with Gasteiger partial charge < -0.3 is 4.90 Å². The van der Waals surface area contributed by atoms with E-state index in [1.54, 1.807) is 0 Å². The lowest BCUT2D eigenvalue weighted by atomic mass is 9.86. The minimum Gasteiger partial charge on any atom is -0.338 e. The summed E-state index contributed by atoms with van der Waals surface area (Å²) < 4.78 is 0.958. The predicted octanol–water partition coefficient (Wildman–Crippen LogP) is 6.83. The molecular formula is C26H29BrN2O. The fraction of sp³-hybridized carbons (Fsp3) is 0.385. The number of likely N-dealkylation sites (tertiary alicyclic amines) is 1. The number of aromatic nitrogens is 1. The van der Waals surface area contributed by atoms with Gasteiger partial charge in [0.05, 0.1) is 16.8 Å². The number of fused-ring (bicyclic) bond motifs is 1. The first-order valence-electron chi connectivity index (χ1n) is 10.7. The SMILES string of the molecule is C[C@@H]1CCCN(C(=O)c2cc(-c3ccc(C(C)(C)C)cc3)nc3ccc(Br)cc23)C1. The van der Waals surface area contributed by atoms with Crippen molar-refractivity contribution >= 4 is 32.7 Å². The van der Waals surface area contributed by atoms with Crippen LogP contribution >= 0.6 is 15.9 Å². The summed E-state index contributed by atoms with van der Waals surface area (Å²) in [6.45, 7) is 10.5. The molecule has 1 fully saturated rings. The Balaban J connectivity index is 1.80. The van der Waals surface area contributed by atoms with Gasteiger partial charge >= 0.3 is 0 Å². The number of carbonyl (C=O) groups is 1. The van der Waals surface area contributed by atoms with Gasteiger partial charge in [0.1, 0.15) is 0 Å². The van der Waals surface area contributed by atoms with Crippen LogP contribution in [0.4, 0.5) is 0 Å². The summed E-state index contributed by atoms with van der Waals surface area (Å²) in [4.78, 5) is 20.4. The molecule has 3 aromatic rings. The minimum atomic E-state index is 0.105. The van der Waals surface area contributed by atoms with E-state index in [9.17, 15) is 4.79 Å². The summed E-state index contributed by atoms with van der Waals surface area (Å²) in [5.41, 5.74) is 4.87. The van der Waals surface area contributed by atoms with Crippen molar-refractivity contribution in [1.82, 2.24) is 9.88 Å². The molecule has 0 radical (unpaired) electrons. The van der Waals surface area contributed by atoms with Crippen molar-refractivity contribution in [2.45, 2.75) is 46.0 Å². The fourth-order valence-electron chi connectivity index (χ4n) is 4.21. The van der Waals surface area contributed by atoms with Crippen LogP contribution in [-0.4, -0.2) is 28.9 Å². The van der Waals surface area contributed by atoms with Gasteiger partial charge in [0.15, 0.2) is 0 Å². The number of rotatable bonds is 2. The average molecular weight is 465 g/mol. The molecular weight excluding hydrogens is 436 g/mol. The van der Waals surface area contributed by atoms with Crippen molar-refractivity contribution in [3.8, 4) is 11.3 Å². The number of hydrogen-bond acceptors (Lipinski definition) is 2. The molecule has 0 aliphatic carbocycles. The topological polar surface area (TPSA) is 33.2 Å². The highest BCUT2D eigenvalue weighted by Gasteiger charge is 2.24. The van der Waals surface area contributed by atoms with E-state index < -0.39 is 0 Å². The van der Waals surface area contributed by atoms with E-state index in [2.05, 4.69) is 67.9 Å². The smallest absolute Gasteiger partial charge is 0.254 e. The third-order valence-electron chi connectivity index (χ3n) is 5.99. The summed E-state index contributed by atoms with van der Waals surface area (Å²) in [6.07, 6.45) is 2.26. The molecule has 2 heterocycles. The quantitative estimate of drug-likeness (QED) is 0.416. The Morgan fingerprint density at radius 3 is 2.50 bits per heavy atom. The van der Waals surface area contributed by atoms with Gasteiger partial charge in [0.25, 0.3) is 5.91 Å². The Labute approximate surface area is 187 Å². The van der Waals surface area contributed by atoms with Crippen LogP contribution in [0.3, 0.4) is 0 Å². The molecule has 30 heavy (non-hydrogen) atoms. The molecule has 1 aliphatic rings. The number of amides is 1. The van der Waals surface area contributed by atoms with Gasteiger partial charge in [0.2, 0.25) is 0 Å². The summed E-state index contributed by atoms with van der Waals surface area (Å²) >= 11 is 3.56. The van der Waals surface area contributed by atoms with Crippen molar-refractivity contribution in [2.75, 3.05) is 13.1 Å². The van der Waals surface area contributed by atoms with Crippen LogP contribution in [0.1, 0.15) is 56.5 Å². The summed E-state index contributed by atoms with van der Waals surface area (Å²) in [7, 11) is 0. The highest BCUT2D eigenvalue weighted by molar-refractivity contribution is 9.10. The molecule has 0 bridgehead atoms. The highest BCUT2D eigenvalue weighted by atomic mass is 79.9. The van der Waals surface area contributed by atoms with Crippen LogP contribution in [0.2, 0.25) is 0 Å². The van der Waals surface area contributed by atoms with Crippen molar-refractivity contribution < 1.29 is 4.79 Å². The Morgan fingerprint density at radius 2 is 1.83 bits per heavy atom. The molecule has 2 aromatic carbocycles. The molecule has 0 N–H and O–H groups in total. The Morgan fingerprint density at radius 1 is 1.10 bits per heavy atom.